The first-order valence-electron chi connectivity index (χ1n) is 5.88. The number of nitrogen functional groups attached to an aromatic ring is 1. The fourth-order valence-corrected chi connectivity index (χ4v) is 1.90. The molecule has 0 saturated carbocycles. The van der Waals surface area contributed by atoms with Crippen LogP contribution >= 0.6 is 11.6 Å². The smallest absolute Gasteiger partial charge is 0.162 e. The Morgan fingerprint density at radius 2 is 2.05 bits per heavy atom. The summed E-state index contributed by atoms with van der Waals surface area (Å²) in [7, 11) is 1.41. The minimum atomic E-state index is -0.546. The summed E-state index contributed by atoms with van der Waals surface area (Å²) >= 11 is 5.67. The highest BCUT2D eigenvalue weighted by Gasteiger charge is 2.11. The third-order valence-electron chi connectivity index (χ3n) is 2.78. The minimum Gasteiger partial charge on any atom is -0.504 e. The molecule has 21 heavy (non-hydrogen) atoms. The van der Waals surface area contributed by atoms with Gasteiger partial charge in [0.05, 0.1) is 17.8 Å². The van der Waals surface area contributed by atoms with Crippen molar-refractivity contribution in [3.63, 3.8) is 0 Å². The molecule has 0 bridgehead atoms. The van der Waals surface area contributed by atoms with Crippen molar-refractivity contribution in [3.8, 4) is 11.5 Å². The van der Waals surface area contributed by atoms with Crippen molar-refractivity contribution in [2.75, 3.05) is 12.8 Å². The molecule has 0 spiro atoms. The van der Waals surface area contributed by atoms with E-state index in [1.165, 1.54) is 37.4 Å². The molecule has 0 radical (unpaired) electrons. The molecule has 5 nitrogen and oxygen atoms in total. The zero-order valence-corrected chi connectivity index (χ0v) is 11.9. The van der Waals surface area contributed by atoms with Crippen molar-refractivity contribution in [1.82, 2.24) is 0 Å². The zero-order chi connectivity index (χ0) is 15.6. The number of nitrogens with zero attached hydrogens (tertiary/aromatic N) is 1. The van der Waals surface area contributed by atoms with Crippen molar-refractivity contribution in [3.05, 3.63) is 46.7 Å². The largest absolute Gasteiger partial charge is 0.504 e. The molecule has 0 aromatic heterocycles. The van der Waals surface area contributed by atoms with Gasteiger partial charge in [0.15, 0.2) is 11.5 Å². The van der Waals surface area contributed by atoms with Crippen molar-refractivity contribution in [2.45, 2.75) is 0 Å². The molecule has 0 aliphatic carbocycles. The second kappa shape index (κ2) is 5.88. The fourth-order valence-electron chi connectivity index (χ4n) is 1.72. The molecule has 0 aliphatic heterocycles. The summed E-state index contributed by atoms with van der Waals surface area (Å²) in [6, 6.07) is 6.73. The molecule has 0 amide bonds. The number of nitrogens with two attached hydrogens (primary N) is 2. The Hall–Kier alpha value is -2.47. The summed E-state index contributed by atoms with van der Waals surface area (Å²) in [6.45, 7) is 0. The third kappa shape index (κ3) is 3.17. The minimum absolute atomic E-state index is 0.0606. The maximum Gasteiger partial charge on any atom is 0.162 e. The number of benzene rings is 2. The van der Waals surface area contributed by atoms with E-state index in [0.29, 0.717) is 16.9 Å². The lowest BCUT2D eigenvalue weighted by Gasteiger charge is -2.09. The summed E-state index contributed by atoms with van der Waals surface area (Å²) in [5.41, 5.74) is 12.7. The molecular formula is C14H13ClFN3O2. The molecule has 110 valence electrons. The maximum atomic E-state index is 13.1. The van der Waals surface area contributed by atoms with Crippen LogP contribution in [-0.4, -0.2) is 18.1 Å². The van der Waals surface area contributed by atoms with E-state index in [2.05, 4.69) is 4.99 Å². The van der Waals surface area contributed by atoms with Crippen LogP contribution in [0, 0.1) is 5.82 Å². The van der Waals surface area contributed by atoms with Crippen LogP contribution in [0.5, 0.6) is 11.5 Å². The molecule has 0 saturated heterocycles. The molecule has 2 aromatic rings. The van der Waals surface area contributed by atoms with Crippen LogP contribution < -0.4 is 16.2 Å². The van der Waals surface area contributed by atoms with E-state index in [4.69, 9.17) is 27.8 Å². The van der Waals surface area contributed by atoms with Crippen molar-refractivity contribution in [1.29, 1.82) is 0 Å². The van der Waals surface area contributed by atoms with Gasteiger partial charge in [0, 0.05) is 17.3 Å². The Morgan fingerprint density at radius 3 is 2.67 bits per heavy atom. The van der Waals surface area contributed by atoms with Crippen LogP contribution in [0.15, 0.2) is 35.3 Å². The quantitative estimate of drug-likeness (QED) is 0.352. The monoisotopic (exact) mass is 309 g/mol. The molecule has 0 heterocycles. The molecule has 5 N–H and O–H groups in total. The molecule has 0 aliphatic rings. The van der Waals surface area contributed by atoms with Gasteiger partial charge in [-0.1, -0.05) is 11.6 Å². The van der Waals surface area contributed by atoms with E-state index in [-0.39, 0.29) is 22.4 Å². The van der Waals surface area contributed by atoms with Crippen LogP contribution in [0.1, 0.15) is 5.56 Å². The zero-order valence-electron chi connectivity index (χ0n) is 11.1. The highest BCUT2D eigenvalue weighted by Crippen LogP contribution is 2.31. The fraction of sp³-hybridized carbons (Fsp3) is 0.0714. The number of anilines is 1. The van der Waals surface area contributed by atoms with Crippen LogP contribution in [0.3, 0.4) is 0 Å². The summed E-state index contributed by atoms with van der Waals surface area (Å²) in [5.74, 6) is -0.366. The number of phenols is 1. The van der Waals surface area contributed by atoms with Gasteiger partial charge in [0.2, 0.25) is 0 Å². The third-order valence-corrected chi connectivity index (χ3v) is 3.07. The number of amidine groups is 1. The first-order valence-corrected chi connectivity index (χ1v) is 6.26. The summed E-state index contributed by atoms with van der Waals surface area (Å²) < 4.78 is 18.0. The van der Waals surface area contributed by atoms with Gasteiger partial charge in [0.25, 0.3) is 0 Å². The maximum absolute atomic E-state index is 13.1. The van der Waals surface area contributed by atoms with E-state index in [0.717, 1.165) is 0 Å². The first kappa shape index (κ1) is 14.9. The number of aliphatic imine (C=N–C) groups is 1. The van der Waals surface area contributed by atoms with Gasteiger partial charge in [-0.15, -0.1) is 0 Å². The van der Waals surface area contributed by atoms with Gasteiger partial charge in [-0.3, -0.25) is 0 Å². The molecule has 2 rings (SSSR count). The van der Waals surface area contributed by atoms with Crippen LogP contribution in [0.25, 0.3) is 0 Å². The predicted octanol–water partition coefficient (Wildman–Crippen LogP) is 2.81. The molecule has 0 atom stereocenters. The lowest BCUT2D eigenvalue weighted by atomic mass is 10.1. The lowest BCUT2D eigenvalue weighted by molar-refractivity contribution is 0.373. The molecular weight excluding hydrogens is 297 g/mol. The number of rotatable bonds is 3. The number of ether oxygens (including phenoxy) is 1. The topological polar surface area (TPSA) is 93.9 Å². The Kier molecular flexibility index (Phi) is 4.18. The highest BCUT2D eigenvalue weighted by atomic mass is 35.5. The van der Waals surface area contributed by atoms with E-state index < -0.39 is 5.82 Å². The average Bonchev–Trinajstić information content (AvgIpc) is 2.44. The summed E-state index contributed by atoms with van der Waals surface area (Å²) in [5, 5.41) is 9.69. The average molecular weight is 310 g/mol. The van der Waals surface area contributed by atoms with Crippen molar-refractivity contribution >= 4 is 28.8 Å². The van der Waals surface area contributed by atoms with Gasteiger partial charge in [-0.05, 0) is 24.3 Å². The number of methoxy groups -OCH3 is 1. The number of hydrogen-bond donors (Lipinski definition) is 3. The lowest BCUT2D eigenvalue weighted by Crippen LogP contribution is -2.15. The summed E-state index contributed by atoms with van der Waals surface area (Å²) in [6.07, 6.45) is 0. The molecule has 0 unspecified atom stereocenters. The van der Waals surface area contributed by atoms with Crippen LogP contribution in [0.4, 0.5) is 15.8 Å². The Morgan fingerprint density at radius 1 is 1.33 bits per heavy atom. The van der Waals surface area contributed by atoms with E-state index in [9.17, 15) is 9.50 Å². The Labute approximate surface area is 125 Å². The van der Waals surface area contributed by atoms with Gasteiger partial charge in [0.1, 0.15) is 11.7 Å². The van der Waals surface area contributed by atoms with E-state index in [1.807, 2.05) is 0 Å². The van der Waals surface area contributed by atoms with Crippen molar-refractivity contribution in [2.24, 2.45) is 10.7 Å². The van der Waals surface area contributed by atoms with Gasteiger partial charge >= 0.3 is 0 Å². The van der Waals surface area contributed by atoms with Crippen molar-refractivity contribution < 1.29 is 14.2 Å². The van der Waals surface area contributed by atoms with Crippen LogP contribution in [0.2, 0.25) is 5.02 Å². The van der Waals surface area contributed by atoms with Crippen LogP contribution in [-0.2, 0) is 0 Å². The number of halogens is 2. The van der Waals surface area contributed by atoms with Gasteiger partial charge in [-0.2, -0.15) is 0 Å². The SMILES string of the molecule is COc1cc(N)c(C(N)=Nc2ccc(F)c(Cl)c2)cc1O. The summed E-state index contributed by atoms with van der Waals surface area (Å²) in [4.78, 5) is 4.10. The number of aromatic hydroxyl groups is 1. The van der Waals surface area contributed by atoms with E-state index >= 15 is 0 Å². The highest BCUT2D eigenvalue weighted by molar-refractivity contribution is 6.31. The first-order chi connectivity index (χ1) is 9.92. The number of phenolic OH excluding ortho intramolecular Hbond substituents is 1. The van der Waals surface area contributed by atoms with Gasteiger partial charge in [-0.25, -0.2) is 9.38 Å². The Bertz CT molecular complexity index is 720. The molecule has 7 heteroatoms. The Balaban J connectivity index is 2.43. The molecule has 0 fully saturated rings. The normalized spacial score (nSPS) is 11.5. The van der Waals surface area contributed by atoms with E-state index in [1.54, 1.807) is 0 Å². The second-order valence-corrected chi connectivity index (χ2v) is 4.61. The predicted molar refractivity (Wildman–Crippen MR) is 80.9 cm³/mol. The second-order valence-electron chi connectivity index (χ2n) is 4.21. The number of hydrogen-bond acceptors (Lipinski definition) is 4. The standard InChI is InChI=1S/C14H13ClFN3O2/c1-21-13-6-11(17)8(5-12(13)20)14(18)19-7-2-3-10(16)9(15)4-7/h2-6,20H,17H2,1H3,(H2,18,19). The van der Waals surface area contributed by atoms with Gasteiger partial charge < -0.3 is 21.3 Å². The molecule has 2 aromatic carbocycles.